The van der Waals surface area contributed by atoms with Crippen molar-refractivity contribution in [1.82, 2.24) is 0 Å². The molecule has 0 aromatic heterocycles. The summed E-state index contributed by atoms with van der Waals surface area (Å²) in [4.78, 5) is 12.5. The molecule has 1 aromatic rings. The number of aryl methyl sites for hydroxylation is 2. The van der Waals surface area contributed by atoms with Crippen LogP contribution in [0.3, 0.4) is 0 Å². The molecule has 1 aliphatic rings. The summed E-state index contributed by atoms with van der Waals surface area (Å²) >= 11 is 0. The summed E-state index contributed by atoms with van der Waals surface area (Å²) in [6.45, 7) is 6.40. The van der Waals surface area contributed by atoms with E-state index in [4.69, 9.17) is 0 Å². The van der Waals surface area contributed by atoms with Gasteiger partial charge < -0.3 is 0 Å². The SMILES string of the molecule is CCC1CCC(C(=O)c2cc(C)cc(C)c2)CC1. The van der Waals surface area contributed by atoms with Crippen molar-refractivity contribution in [1.29, 1.82) is 0 Å². The number of ketones is 1. The minimum absolute atomic E-state index is 0.272. The van der Waals surface area contributed by atoms with Gasteiger partial charge in [0.05, 0.1) is 0 Å². The number of benzene rings is 1. The van der Waals surface area contributed by atoms with Gasteiger partial charge in [0.15, 0.2) is 5.78 Å². The van der Waals surface area contributed by atoms with E-state index >= 15 is 0 Å². The van der Waals surface area contributed by atoms with E-state index < -0.39 is 0 Å². The average molecular weight is 244 g/mol. The van der Waals surface area contributed by atoms with E-state index in [9.17, 15) is 4.79 Å². The number of hydrogen-bond donors (Lipinski definition) is 0. The third-order valence-electron chi connectivity index (χ3n) is 4.30. The zero-order chi connectivity index (χ0) is 13.1. The van der Waals surface area contributed by atoms with Crippen LogP contribution >= 0.6 is 0 Å². The molecule has 0 N–H and O–H groups in total. The van der Waals surface area contributed by atoms with Gasteiger partial charge in [-0.15, -0.1) is 0 Å². The van der Waals surface area contributed by atoms with Gasteiger partial charge in [0, 0.05) is 11.5 Å². The Kier molecular flexibility index (Phi) is 4.21. The van der Waals surface area contributed by atoms with Crippen molar-refractivity contribution in [3.63, 3.8) is 0 Å². The molecule has 1 saturated carbocycles. The number of Topliss-reactive ketones (excluding diaryl/α,β-unsaturated/α-hetero) is 1. The number of carbonyl (C=O) groups is 1. The third-order valence-corrected chi connectivity index (χ3v) is 4.30. The molecular weight excluding hydrogens is 220 g/mol. The van der Waals surface area contributed by atoms with Gasteiger partial charge in [-0.2, -0.15) is 0 Å². The number of rotatable bonds is 3. The second-order valence-electron chi connectivity index (χ2n) is 5.87. The average Bonchev–Trinajstić information content (AvgIpc) is 2.37. The molecule has 1 heteroatoms. The van der Waals surface area contributed by atoms with Gasteiger partial charge in [0.1, 0.15) is 0 Å². The van der Waals surface area contributed by atoms with Crippen LogP contribution in [0, 0.1) is 25.7 Å². The van der Waals surface area contributed by atoms with E-state index in [0.29, 0.717) is 5.78 Å². The Hall–Kier alpha value is -1.11. The second kappa shape index (κ2) is 5.69. The van der Waals surface area contributed by atoms with Crippen molar-refractivity contribution in [3.05, 3.63) is 34.9 Å². The first-order chi connectivity index (χ1) is 8.60. The number of carbonyl (C=O) groups excluding carboxylic acids is 1. The molecule has 0 spiro atoms. The van der Waals surface area contributed by atoms with Gasteiger partial charge in [-0.3, -0.25) is 4.79 Å². The molecule has 98 valence electrons. The quantitative estimate of drug-likeness (QED) is 0.704. The van der Waals surface area contributed by atoms with E-state index in [1.54, 1.807) is 0 Å². The van der Waals surface area contributed by atoms with Crippen LogP contribution in [-0.2, 0) is 0 Å². The summed E-state index contributed by atoms with van der Waals surface area (Å²) in [6.07, 6.45) is 5.91. The second-order valence-corrected chi connectivity index (χ2v) is 5.87. The highest BCUT2D eigenvalue weighted by Crippen LogP contribution is 2.32. The van der Waals surface area contributed by atoms with Crippen molar-refractivity contribution >= 4 is 5.78 Å². The topological polar surface area (TPSA) is 17.1 Å². The molecule has 0 atom stereocenters. The first-order valence-corrected chi connectivity index (χ1v) is 7.22. The van der Waals surface area contributed by atoms with E-state index in [2.05, 4.69) is 26.8 Å². The summed E-state index contributed by atoms with van der Waals surface area (Å²) in [6, 6.07) is 6.22. The van der Waals surface area contributed by atoms with Crippen LogP contribution in [-0.4, -0.2) is 5.78 Å². The molecule has 1 aromatic carbocycles. The van der Waals surface area contributed by atoms with Crippen LogP contribution < -0.4 is 0 Å². The monoisotopic (exact) mass is 244 g/mol. The van der Waals surface area contributed by atoms with Gasteiger partial charge in [-0.05, 0) is 57.6 Å². The highest BCUT2D eigenvalue weighted by atomic mass is 16.1. The minimum Gasteiger partial charge on any atom is -0.294 e. The fourth-order valence-corrected chi connectivity index (χ4v) is 3.19. The molecular formula is C17H24O. The Morgan fingerprint density at radius 1 is 1.06 bits per heavy atom. The first kappa shape index (κ1) is 13.3. The van der Waals surface area contributed by atoms with Crippen LogP contribution in [0.15, 0.2) is 18.2 Å². The third kappa shape index (κ3) is 3.01. The van der Waals surface area contributed by atoms with Crippen LogP contribution in [0.5, 0.6) is 0 Å². The van der Waals surface area contributed by atoms with Crippen LogP contribution in [0.4, 0.5) is 0 Å². The van der Waals surface area contributed by atoms with Crippen molar-refractivity contribution < 1.29 is 4.79 Å². The predicted octanol–water partition coefficient (Wildman–Crippen LogP) is 4.70. The van der Waals surface area contributed by atoms with Crippen molar-refractivity contribution in [2.45, 2.75) is 52.9 Å². The Balaban J connectivity index is 2.07. The lowest BCUT2D eigenvalue weighted by Crippen LogP contribution is -2.21. The van der Waals surface area contributed by atoms with Crippen LogP contribution in [0.1, 0.15) is 60.5 Å². The summed E-state index contributed by atoms with van der Waals surface area (Å²) in [5.41, 5.74) is 3.31. The molecule has 0 heterocycles. The van der Waals surface area contributed by atoms with E-state index in [0.717, 1.165) is 24.3 Å². The molecule has 18 heavy (non-hydrogen) atoms. The Morgan fingerprint density at radius 3 is 2.11 bits per heavy atom. The van der Waals surface area contributed by atoms with Gasteiger partial charge in [0.2, 0.25) is 0 Å². The molecule has 0 bridgehead atoms. The summed E-state index contributed by atoms with van der Waals surface area (Å²) in [5.74, 6) is 1.50. The van der Waals surface area contributed by atoms with Gasteiger partial charge >= 0.3 is 0 Å². The van der Waals surface area contributed by atoms with Gasteiger partial charge in [-0.1, -0.05) is 30.5 Å². The van der Waals surface area contributed by atoms with Crippen molar-refractivity contribution in [2.24, 2.45) is 11.8 Å². The van der Waals surface area contributed by atoms with E-state index in [1.165, 1.54) is 30.4 Å². The fourth-order valence-electron chi connectivity index (χ4n) is 3.19. The highest BCUT2D eigenvalue weighted by molar-refractivity contribution is 5.98. The van der Waals surface area contributed by atoms with Gasteiger partial charge in [-0.25, -0.2) is 0 Å². The van der Waals surface area contributed by atoms with Crippen LogP contribution in [0.2, 0.25) is 0 Å². The minimum atomic E-state index is 0.272. The zero-order valence-corrected chi connectivity index (χ0v) is 11.8. The molecule has 0 aliphatic heterocycles. The van der Waals surface area contributed by atoms with E-state index in [1.807, 2.05) is 12.1 Å². The molecule has 0 amide bonds. The van der Waals surface area contributed by atoms with Gasteiger partial charge in [0.25, 0.3) is 0 Å². The molecule has 2 rings (SSSR count). The normalized spacial score (nSPS) is 23.9. The lowest BCUT2D eigenvalue weighted by Gasteiger charge is -2.27. The highest BCUT2D eigenvalue weighted by Gasteiger charge is 2.26. The summed E-state index contributed by atoms with van der Waals surface area (Å²) < 4.78 is 0. The van der Waals surface area contributed by atoms with E-state index in [-0.39, 0.29) is 5.92 Å². The predicted molar refractivity (Wildman–Crippen MR) is 76.0 cm³/mol. The fraction of sp³-hybridized carbons (Fsp3) is 0.588. The Morgan fingerprint density at radius 2 is 1.61 bits per heavy atom. The maximum atomic E-state index is 12.5. The lowest BCUT2D eigenvalue weighted by atomic mass is 9.77. The molecule has 0 saturated heterocycles. The largest absolute Gasteiger partial charge is 0.294 e. The maximum Gasteiger partial charge on any atom is 0.165 e. The number of hydrogen-bond acceptors (Lipinski definition) is 1. The molecule has 1 aliphatic carbocycles. The first-order valence-electron chi connectivity index (χ1n) is 7.22. The van der Waals surface area contributed by atoms with Crippen molar-refractivity contribution in [3.8, 4) is 0 Å². The molecule has 1 nitrogen and oxygen atoms in total. The molecule has 1 fully saturated rings. The van der Waals surface area contributed by atoms with Crippen molar-refractivity contribution in [2.75, 3.05) is 0 Å². The maximum absolute atomic E-state index is 12.5. The zero-order valence-electron chi connectivity index (χ0n) is 11.8. The smallest absolute Gasteiger partial charge is 0.165 e. The lowest BCUT2D eigenvalue weighted by molar-refractivity contribution is 0.0871. The van der Waals surface area contributed by atoms with Crippen LogP contribution in [0.25, 0.3) is 0 Å². The summed E-state index contributed by atoms with van der Waals surface area (Å²) in [5, 5.41) is 0. The summed E-state index contributed by atoms with van der Waals surface area (Å²) in [7, 11) is 0. The molecule has 0 unspecified atom stereocenters. The Bertz CT molecular complexity index is 405. The standard InChI is InChI=1S/C17H24O/c1-4-14-5-7-15(8-6-14)17(18)16-10-12(2)9-13(3)11-16/h9-11,14-15H,4-8H2,1-3H3. The Labute approximate surface area is 111 Å². The molecule has 0 radical (unpaired) electrons.